The Morgan fingerprint density at radius 1 is 1.33 bits per heavy atom. The molecule has 0 saturated carbocycles. The van der Waals surface area contributed by atoms with Crippen LogP contribution in [0.5, 0.6) is 0 Å². The van der Waals surface area contributed by atoms with Crippen molar-refractivity contribution in [2.75, 3.05) is 0 Å². The topological polar surface area (TPSA) is 12.9 Å². The molecule has 2 aromatic rings. The van der Waals surface area contributed by atoms with Crippen LogP contribution in [0.3, 0.4) is 0 Å². The average molecular weight is 135 g/mol. The Balaban J connectivity index is 2.95. The monoisotopic (exact) mass is 135 g/mol. The number of hydrogen-bond donors (Lipinski definition) is 0. The first-order valence-electron chi connectivity index (χ1n) is 2.75. The maximum absolute atomic E-state index is 4.16. The number of hydrogen-bond acceptors (Lipinski definition) is 2. The second kappa shape index (κ2) is 1.81. The summed E-state index contributed by atoms with van der Waals surface area (Å²) in [4.78, 5) is 5.28. The summed E-state index contributed by atoms with van der Waals surface area (Å²) in [6.07, 6.45) is 1.82. The van der Waals surface area contributed by atoms with Gasteiger partial charge in [0.25, 0.3) is 0 Å². The summed E-state index contributed by atoms with van der Waals surface area (Å²) in [7, 11) is 0. The molecule has 0 N–H and O–H groups in total. The highest BCUT2D eigenvalue weighted by Gasteiger charge is 1.89. The highest BCUT2D eigenvalue weighted by Crippen LogP contribution is 2.15. The quantitative estimate of drug-likeness (QED) is 0.540. The lowest BCUT2D eigenvalue weighted by atomic mass is 10.4. The van der Waals surface area contributed by atoms with Crippen molar-refractivity contribution in [3.8, 4) is 0 Å². The predicted octanol–water partition coefficient (Wildman–Crippen LogP) is 2.30. The molecule has 0 spiro atoms. The van der Waals surface area contributed by atoms with Gasteiger partial charge in [0.2, 0.25) is 0 Å². The summed E-state index contributed by atoms with van der Waals surface area (Å²) < 4.78 is 0. The first-order valence-corrected chi connectivity index (χ1v) is 3.63. The molecule has 1 nitrogen and oxygen atoms in total. The highest BCUT2D eigenvalue weighted by molar-refractivity contribution is 7.16. The molecule has 0 radical (unpaired) electrons. The molecule has 2 aromatic heterocycles. The lowest BCUT2D eigenvalue weighted by Gasteiger charge is -1.81. The number of aromatic nitrogens is 1. The molecule has 0 fully saturated rings. The molecule has 0 aliphatic rings. The minimum absolute atomic E-state index is 1.12. The molecule has 0 bridgehead atoms. The third-order valence-electron chi connectivity index (χ3n) is 1.23. The zero-order valence-electron chi connectivity index (χ0n) is 4.74. The standard InChI is InChI=1S/C7H5NS/c1-2-6-3-5-9-7(6)8-4-1/h1-5H. The van der Waals surface area contributed by atoms with Crippen LogP contribution in [0.2, 0.25) is 0 Å². The number of thiophene rings is 1. The second-order valence-corrected chi connectivity index (χ2v) is 2.71. The zero-order chi connectivity index (χ0) is 6.10. The van der Waals surface area contributed by atoms with Crippen molar-refractivity contribution in [2.45, 2.75) is 0 Å². The van der Waals surface area contributed by atoms with Gasteiger partial charge in [-0.05, 0) is 17.5 Å². The first kappa shape index (κ1) is 4.94. The summed E-state index contributed by atoms with van der Waals surface area (Å²) in [5, 5.41) is 3.29. The van der Waals surface area contributed by atoms with E-state index in [0.29, 0.717) is 0 Å². The van der Waals surface area contributed by atoms with Gasteiger partial charge in [-0.2, -0.15) is 0 Å². The van der Waals surface area contributed by atoms with Crippen molar-refractivity contribution in [3.05, 3.63) is 29.8 Å². The fraction of sp³-hybridized carbons (Fsp3) is 0. The molecule has 0 saturated heterocycles. The van der Waals surface area contributed by atoms with Gasteiger partial charge in [0, 0.05) is 11.6 Å². The van der Waals surface area contributed by atoms with Crippen LogP contribution in [0.1, 0.15) is 0 Å². The Morgan fingerprint density at radius 2 is 2.33 bits per heavy atom. The van der Waals surface area contributed by atoms with E-state index in [4.69, 9.17) is 0 Å². The molecule has 0 aliphatic carbocycles. The van der Waals surface area contributed by atoms with Crippen LogP contribution in [-0.2, 0) is 0 Å². The van der Waals surface area contributed by atoms with Crippen LogP contribution in [0.4, 0.5) is 0 Å². The van der Waals surface area contributed by atoms with Crippen LogP contribution in [0, 0.1) is 0 Å². The van der Waals surface area contributed by atoms with Crippen LogP contribution in [0.25, 0.3) is 10.2 Å². The van der Waals surface area contributed by atoms with Crippen molar-refractivity contribution in [1.82, 2.24) is 4.98 Å². The van der Waals surface area contributed by atoms with Gasteiger partial charge < -0.3 is 0 Å². The Hall–Kier alpha value is -0.890. The lowest BCUT2D eigenvalue weighted by Crippen LogP contribution is -1.65. The van der Waals surface area contributed by atoms with Crippen LogP contribution < -0.4 is 0 Å². The molecule has 2 rings (SSSR count). The second-order valence-electron chi connectivity index (χ2n) is 1.82. The van der Waals surface area contributed by atoms with Gasteiger partial charge in [0.1, 0.15) is 4.83 Å². The molecule has 44 valence electrons. The lowest BCUT2D eigenvalue weighted by molar-refractivity contribution is 1.45. The van der Waals surface area contributed by atoms with E-state index in [1.807, 2.05) is 12.3 Å². The minimum Gasteiger partial charge on any atom is -0.245 e. The molecule has 0 amide bonds. The zero-order valence-corrected chi connectivity index (χ0v) is 5.56. The minimum atomic E-state index is 1.12. The van der Waals surface area contributed by atoms with Crippen LogP contribution in [0.15, 0.2) is 29.8 Å². The number of pyridine rings is 1. The van der Waals surface area contributed by atoms with Crippen LogP contribution in [-0.4, -0.2) is 4.98 Å². The molecule has 0 aromatic carbocycles. The van der Waals surface area contributed by atoms with Crippen molar-refractivity contribution in [2.24, 2.45) is 0 Å². The predicted molar refractivity (Wildman–Crippen MR) is 39.6 cm³/mol. The van der Waals surface area contributed by atoms with Gasteiger partial charge in [-0.3, -0.25) is 0 Å². The van der Waals surface area contributed by atoms with Gasteiger partial charge in [0.15, 0.2) is 0 Å². The molecule has 0 unspecified atom stereocenters. The van der Waals surface area contributed by atoms with Crippen molar-refractivity contribution in [1.29, 1.82) is 0 Å². The van der Waals surface area contributed by atoms with E-state index >= 15 is 0 Å². The van der Waals surface area contributed by atoms with E-state index in [2.05, 4.69) is 22.5 Å². The summed E-state index contributed by atoms with van der Waals surface area (Å²) in [6.45, 7) is 0. The third kappa shape index (κ3) is 0.715. The molecule has 0 aliphatic heterocycles. The van der Waals surface area contributed by atoms with E-state index in [0.717, 1.165) is 4.83 Å². The number of rotatable bonds is 0. The Kier molecular flexibility index (Phi) is 0.993. The van der Waals surface area contributed by atoms with Crippen molar-refractivity contribution < 1.29 is 0 Å². The first-order chi connectivity index (χ1) is 4.47. The SMILES string of the molecule is c1cnc2sccc2c1. The van der Waals surface area contributed by atoms with Gasteiger partial charge >= 0.3 is 0 Å². The Labute approximate surface area is 57.0 Å². The third-order valence-corrected chi connectivity index (χ3v) is 2.06. The van der Waals surface area contributed by atoms with Crippen molar-refractivity contribution in [3.63, 3.8) is 0 Å². The van der Waals surface area contributed by atoms with Crippen molar-refractivity contribution >= 4 is 21.6 Å². The Bertz CT molecular complexity index is 283. The summed E-state index contributed by atoms with van der Waals surface area (Å²) in [6, 6.07) is 6.10. The Morgan fingerprint density at radius 3 is 3.22 bits per heavy atom. The summed E-state index contributed by atoms with van der Waals surface area (Å²) >= 11 is 1.68. The summed E-state index contributed by atoms with van der Waals surface area (Å²) in [5.41, 5.74) is 0. The molecule has 2 heteroatoms. The maximum atomic E-state index is 4.16. The highest BCUT2D eigenvalue weighted by atomic mass is 32.1. The maximum Gasteiger partial charge on any atom is 0.123 e. The fourth-order valence-electron chi connectivity index (χ4n) is 0.800. The van der Waals surface area contributed by atoms with E-state index in [9.17, 15) is 0 Å². The van der Waals surface area contributed by atoms with E-state index in [1.165, 1.54) is 5.39 Å². The molecule has 9 heavy (non-hydrogen) atoms. The van der Waals surface area contributed by atoms with E-state index in [1.54, 1.807) is 11.3 Å². The van der Waals surface area contributed by atoms with E-state index in [-0.39, 0.29) is 0 Å². The normalized spacial score (nSPS) is 10.2. The van der Waals surface area contributed by atoms with Gasteiger partial charge in [-0.25, -0.2) is 4.98 Å². The van der Waals surface area contributed by atoms with E-state index < -0.39 is 0 Å². The fourth-order valence-corrected chi connectivity index (χ4v) is 1.54. The molecule has 0 atom stereocenters. The largest absolute Gasteiger partial charge is 0.245 e. The van der Waals surface area contributed by atoms with Gasteiger partial charge in [-0.15, -0.1) is 11.3 Å². The molecular formula is C7H5NS. The molecular weight excluding hydrogens is 130 g/mol. The molecule has 2 heterocycles. The van der Waals surface area contributed by atoms with Gasteiger partial charge in [0.05, 0.1) is 0 Å². The number of fused-ring (bicyclic) bond motifs is 1. The average Bonchev–Trinajstić information content (AvgIpc) is 2.33. The smallest absolute Gasteiger partial charge is 0.123 e. The number of nitrogens with zero attached hydrogens (tertiary/aromatic N) is 1. The van der Waals surface area contributed by atoms with Crippen LogP contribution >= 0.6 is 11.3 Å². The summed E-state index contributed by atoms with van der Waals surface area (Å²) in [5.74, 6) is 0. The van der Waals surface area contributed by atoms with Gasteiger partial charge in [-0.1, -0.05) is 6.07 Å².